The van der Waals surface area contributed by atoms with Gasteiger partial charge in [0.15, 0.2) is 0 Å². The van der Waals surface area contributed by atoms with Crippen LogP contribution in [-0.4, -0.2) is 76.8 Å². The van der Waals surface area contributed by atoms with Gasteiger partial charge >= 0.3 is 18.1 Å². The molecule has 2 N–H and O–H groups in total. The van der Waals surface area contributed by atoms with Crippen molar-refractivity contribution in [2.75, 3.05) is 36.8 Å². The van der Waals surface area contributed by atoms with Crippen molar-refractivity contribution in [3.63, 3.8) is 0 Å². The van der Waals surface area contributed by atoms with E-state index in [1.165, 1.54) is 11.0 Å². The highest BCUT2D eigenvalue weighted by atomic mass is 35.5. The van der Waals surface area contributed by atoms with Gasteiger partial charge in [-0.05, 0) is 54.5 Å². The Morgan fingerprint density at radius 3 is 2.44 bits per heavy atom. The Hall–Kier alpha value is -3.94. The second kappa shape index (κ2) is 11.5. The van der Waals surface area contributed by atoms with Crippen molar-refractivity contribution in [1.82, 2.24) is 14.7 Å². The van der Waals surface area contributed by atoms with E-state index in [0.29, 0.717) is 30.7 Å². The third kappa shape index (κ3) is 5.91. The fourth-order valence-electron chi connectivity index (χ4n) is 6.77. The average molecular weight is 654 g/mol. The number of carbonyl (C=O) groups excluding carboxylic acids is 4. The van der Waals surface area contributed by atoms with Crippen LogP contribution in [0, 0.1) is 5.92 Å². The van der Waals surface area contributed by atoms with Gasteiger partial charge in [0, 0.05) is 44.3 Å². The van der Waals surface area contributed by atoms with Crippen molar-refractivity contribution in [3.05, 3.63) is 57.6 Å². The lowest BCUT2D eigenvalue weighted by Gasteiger charge is -2.38. The van der Waals surface area contributed by atoms with Crippen molar-refractivity contribution in [2.24, 2.45) is 5.92 Å². The molecule has 1 atom stereocenters. The maximum atomic E-state index is 14.9. The Morgan fingerprint density at radius 2 is 1.73 bits per heavy atom. The Kier molecular flexibility index (Phi) is 7.90. The zero-order valence-electron chi connectivity index (χ0n) is 23.9. The molecule has 6 rings (SSSR count). The molecule has 9 nitrogen and oxygen atoms in total. The van der Waals surface area contributed by atoms with Crippen molar-refractivity contribution >= 4 is 46.7 Å². The molecule has 240 valence electrons. The number of hydrogen-bond acceptors (Lipinski definition) is 4. The molecule has 0 aliphatic carbocycles. The van der Waals surface area contributed by atoms with Gasteiger partial charge in [-0.2, -0.15) is 22.0 Å². The lowest BCUT2D eigenvalue weighted by molar-refractivity contribution is -0.165. The molecule has 0 bridgehead atoms. The van der Waals surface area contributed by atoms with Crippen LogP contribution in [0.2, 0.25) is 5.02 Å². The molecule has 15 heteroatoms. The van der Waals surface area contributed by atoms with Crippen molar-refractivity contribution in [1.29, 1.82) is 0 Å². The van der Waals surface area contributed by atoms with Gasteiger partial charge < -0.3 is 25.3 Å². The summed E-state index contributed by atoms with van der Waals surface area (Å²) in [4.78, 5) is 55.5. The number of amides is 5. The van der Waals surface area contributed by atoms with Crippen molar-refractivity contribution in [2.45, 2.75) is 56.8 Å². The number of alkyl halides is 5. The van der Waals surface area contributed by atoms with Crippen LogP contribution < -0.4 is 10.6 Å². The summed E-state index contributed by atoms with van der Waals surface area (Å²) in [7, 11) is 0. The van der Waals surface area contributed by atoms with E-state index in [0.717, 1.165) is 11.3 Å². The van der Waals surface area contributed by atoms with Gasteiger partial charge in [0.1, 0.15) is 6.54 Å². The molecular formula is C30H29ClF5N5O4. The van der Waals surface area contributed by atoms with Gasteiger partial charge in [-0.3, -0.25) is 14.4 Å². The second-order valence-corrected chi connectivity index (χ2v) is 12.2. The van der Waals surface area contributed by atoms with Gasteiger partial charge in [0.05, 0.1) is 22.2 Å². The Morgan fingerprint density at radius 1 is 1.02 bits per heavy atom. The van der Waals surface area contributed by atoms with Gasteiger partial charge in [0.25, 0.3) is 5.91 Å². The summed E-state index contributed by atoms with van der Waals surface area (Å²) >= 11 is 6.20. The van der Waals surface area contributed by atoms with E-state index in [-0.39, 0.29) is 47.7 Å². The molecule has 0 spiro atoms. The standard InChI is InChI=1S/C30H29ClF5N5O4/c31-21-12-17-11-18(26(43)40(15-29(32,33)34)14-20(17)24-25(21)38-27(44)30(24,35)36)13-23(42)39-8-6-19(7-9-39)41-10-5-16-3-1-2-4-22(16)37-28(41)45/h1-4,12,18-19H,5-11,13-15H2,(H,37,45)(H,38,44)/t18-/m0/s1. The number of halogens is 6. The number of hydrogen-bond donors (Lipinski definition) is 2. The van der Waals surface area contributed by atoms with Crippen molar-refractivity contribution in [3.8, 4) is 0 Å². The highest BCUT2D eigenvalue weighted by Gasteiger charge is 2.52. The van der Waals surface area contributed by atoms with Crippen LogP contribution in [-0.2, 0) is 39.7 Å². The molecule has 0 radical (unpaired) electrons. The minimum Gasteiger partial charge on any atom is -0.343 e. The number of urea groups is 1. The van der Waals surface area contributed by atoms with Crippen LogP contribution in [0.1, 0.15) is 41.5 Å². The lowest BCUT2D eigenvalue weighted by atomic mass is 9.90. The Bertz CT molecular complexity index is 1580. The summed E-state index contributed by atoms with van der Waals surface area (Å²) in [6.45, 7) is -1.51. The first-order valence-electron chi connectivity index (χ1n) is 14.6. The zero-order chi connectivity index (χ0) is 32.3. The minimum absolute atomic E-state index is 0.0811. The average Bonchev–Trinajstić information content (AvgIpc) is 3.07. The number of piperidine rings is 1. The smallest absolute Gasteiger partial charge is 0.343 e. The van der Waals surface area contributed by atoms with Crippen LogP contribution in [0.5, 0.6) is 0 Å². The zero-order valence-corrected chi connectivity index (χ0v) is 24.6. The van der Waals surface area contributed by atoms with E-state index in [4.69, 9.17) is 11.6 Å². The number of nitrogens with one attached hydrogen (secondary N) is 2. The fraction of sp³-hybridized carbons (Fsp3) is 0.467. The third-order valence-corrected chi connectivity index (χ3v) is 9.28. The van der Waals surface area contributed by atoms with Gasteiger partial charge in [-0.25, -0.2) is 4.79 Å². The van der Waals surface area contributed by atoms with E-state index in [2.05, 4.69) is 5.32 Å². The van der Waals surface area contributed by atoms with Gasteiger partial charge in [0.2, 0.25) is 11.8 Å². The molecule has 0 unspecified atom stereocenters. The van der Waals surface area contributed by atoms with E-state index >= 15 is 0 Å². The molecule has 0 aromatic heterocycles. The van der Waals surface area contributed by atoms with Crippen LogP contribution in [0.25, 0.3) is 0 Å². The van der Waals surface area contributed by atoms with E-state index < -0.39 is 66.5 Å². The van der Waals surface area contributed by atoms with Crippen LogP contribution in [0.15, 0.2) is 30.3 Å². The molecule has 4 aliphatic heterocycles. The molecule has 4 aliphatic rings. The normalized spacial score (nSPS) is 21.8. The summed E-state index contributed by atoms with van der Waals surface area (Å²) in [6.07, 6.45) is -4.00. The largest absolute Gasteiger partial charge is 0.406 e. The summed E-state index contributed by atoms with van der Waals surface area (Å²) in [5.74, 6) is -8.48. The molecule has 4 heterocycles. The second-order valence-electron chi connectivity index (χ2n) is 11.8. The monoisotopic (exact) mass is 653 g/mol. The first kappa shape index (κ1) is 31.1. The van der Waals surface area contributed by atoms with Gasteiger partial charge in [-0.1, -0.05) is 29.8 Å². The SMILES string of the molecule is O=C(C[C@@H]1Cc2cc(Cl)c3c(c2CN(CC(F)(F)F)C1=O)C(F)(F)C(=O)N3)N1CCC(N2CCc3ccccc3NC2=O)CC1. The lowest BCUT2D eigenvalue weighted by Crippen LogP contribution is -2.50. The first-order chi connectivity index (χ1) is 21.2. The van der Waals surface area contributed by atoms with Crippen LogP contribution >= 0.6 is 11.6 Å². The summed E-state index contributed by atoms with van der Waals surface area (Å²) in [6, 6.07) is 8.42. The minimum atomic E-state index is -4.84. The van der Waals surface area contributed by atoms with E-state index in [9.17, 15) is 41.1 Å². The topological polar surface area (TPSA) is 102 Å². The number of carbonyl (C=O) groups is 4. The van der Waals surface area contributed by atoms with Crippen LogP contribution in [0.3, 0.4) is 0 Å². The molecule has 1 fully saturated rings. The number of fused-ring (bicyclic) bond motifs is 4. The molecule has 45 heavy (non-hydrogen) atoms. The first-order valence-corrected chi connectivity index (χ1v) is 14.9. The summed E-state index contributed by atoms with van der Waals surface area (Å²) in [5.41, 5.74) is 0.327. The summed E-state index contributed by atoms with van der Waals surface area (Å²) < 4.78 is 70.5. The molecular weight excluding hydrogens is 625 g/mol. The highest BCUT2D eigenvalue weighted by Crippen LogP contribution is 2.48. The molecule has 2 aromatic rings. The molecule has 0 saturated carbocycles. The maximum Gasteiger partial charge on any atom is 0.406 e. The fourth-order valence-corrected chi connectivity index (χ4v) is 7.05. The predicted octanol–water partition coefficient (Wildman–Crippen LogP) is 4.92. The molecule has 2 aromatic carbocycles. The maximum absolute atomic E-state index is 14.9. The Labute approximate surface area is 259 Å². The number of likely N-dealkylation sites (tertiary alicyclic amines) is 1. The quantitative estimate of drug-likeness (QED) is 0.458. The van der Waals surface area contributed by atoms with E-state index in [1.54, 1.807) is 4.90 Å². The molecule has 5 amide bonds. The van der Waals surface area contributed by atoms with Gasteiger partial charge in [-0.15, -0.1) is 0 Å². The molecule has 1 saturated heterocycles. The third-order valence-electron chi connectivity index (χ3n) is 8.98. The number of rotatable bonds is 4. The number of benzene rings is 2. The van der Waals surface area contributed by atoms with E-state index in [1.807, 2.05) is 29.6 Å². The predicted molar refractivity (Wildman–Crippen MR) is 153 cm³/mol. The summed E-state index contributed by atoms with van der Waals surface area (Å²) in [5, 5.41) is 4.68. The Balaban J connectivity index is 1.18. The van der Waals surface area contributed by atoms with Crippen molar-refractivity contribution < 1.29 is 41.1 Å². The number of nitrogens with zero attached hydrogens (tertiary/aromatic N) is 3. The number of para-hydroxylation sites is 1. The number of anilines is 2. The van der Waals surface area contributed by atoms with Crippen LogP contribution in [0.4, 0.5) is 38.1 Å². The highest BCUT2D eigenvalue weighted by molar-refractivity contribution is 6.35.